The van der Waals surface area contributed by atoms with Crippen molar-refractivity contribution in [2.24, 2.45) is 0 Å². The lowest BCUT2D eigenvalue weighted by Gasteiger charge is -2.13. The van der Waals surface area contributed by atoms with E-state index in [-0.39, 0.29) is 11.2 Å². The van der Waals surface area contributed by atoms with Crippen LogP contribution in [0.2, 0.25) is 5.02 Å². The second kappa shape index (κ2) is 8.54. The average molecular weight is 402 g/mol. The maximum absolute atomic E-state index is 12.5. The summed E-state index contributed by atoms with van der Waals surface area (Å²) in [4.78, 5) is 12.5. The summed E-state index contributed by atoms with van der Waals surface area (Å²) in [6.45, 7) is 6.09. The molecule has 0 aliphatic heterocycles. The average Bonchev–Trinajstić information content (AvgIpc) is 3.10. The zero-order chi connectivity index (χ0) is 19.4. The lowest BCUT2D eigenvalue weighted by atomic mass is 10.0. The molecular weight excluding hydrogens is 382 g/mol. The minimum absolute atomic E-state index is 0.113. The summed E-state index contributed by atoms with van der Waals surface area (Å²) < 4.78 is 1.57. The van der Waals surface area contributed by atoms with Gasteiger partial charge in [-0.2, -0.15) is 4.68 Å². The predicted molar refractivity (Wildman–Crippen MR) is 109 cm³/mol. The van der Waals surface area contributed by atoms with E-state index in [1.807, 2.05) is 43.3 Å². The first-order valence-corrected chi connectivity index (χ1v) is 9.81. The Morgan fingerprint density at radius 3 is 2.56 bits per heavy atom. The molecule has 140 valence electrons. The van der Waals surface area contributed by atoms with Crippen LogP contribution in [0.5, 0.6) is 0 Å². The molecule has 0 radical (unpaired) electrons. The van der Waals surface area contributed by atoms with Crippen LogP contribution in [0, 0.1) is 0 Å². The summed E-state index contributed by atoms with van der Waals surface area (Å²) in [6.07, 6.45) is 0. The molecule has 0 fully saturated rings. The van der Waals surface area contributed by atoms with Crippen LogP contribution in [0.3, 0.4) is 0 Å². The molecule has 1 atom stereocenters. The summed E-state index contributed by atoms with van der Waals surface area (Å²) >= 11 is 7.32. The minimum atomic E-state index is -0.376. The summed E-state index contributed by atoms with van der Waals surface area (Å²) in [5.74, 6) is 0.340. The number of thioether (sulfide) groups is 1. The molecule has 2 aromatic carbocycles. The smallest absolute Gasteiger partial charge is 0.237 e. The number of hydrogen-bond donors (Lipinski definition) is 1. The molecule has 3 rings (SSSR count). The van der Waals surface area contributed by atoms with Crippen LogP contribution in [0.4, 0.5) is 5.69 Å². The second-order valence-corrected chi connectivity index (χ2v) is 8.12. The molecule has 3 aromatic rings. The van der Waals surface area contributed by atoms with Crippen molar-refractivity contribution in [2.45, 2.75) is 37.1 Å². The quantitative estimate of drug-likeness (QED) is 0.613. The van der Waals surface area contributed by atoms with Gasteiger partial charge in [0.15, 0.2) is 0 Å². The Morgan fingerprint density at radius 1 is 1.15 bits per heavy atom. The van der Waals surface area contributed by atoms with E-state index in [4.69, 9.17) is 11.6 Å². The van der Waals surface area contributed by atoms with E-state index in [9.17, 15) is 4.79 Å². The topological polar surface area (TPSA) is 72.7 Å². The normalized spacial score (nSPS) is 12.2. The molecule has 6 nitrogen and oxygen atoms in total. The maximum Gasteiger partial charge on any atom is 0.237 e. The Hall–Kier alpha value is -2.38. The van der Waals surface area contributed by atoms with Crippen LogP contribution in [-0.4, -0.2) is 31.4 Å². The van der Waals surface area contributed by atoms with Crippen LogP contribution in [-0.2, 0) is 4.79 Å². The van der Waals surface area contributed by atoms with E-state index in [0.717, 1.165) is 11.4 Å². The van der Waals surface area contributed by atoms with Gasteiger partial charge in [-0.15, -0.1) is 5.10 Å². The van der Waals surface area contributed by atoms with Crippen LogP contribution in [0.25, 0.3) is 5.69 Å². The number of nitrogens with one attached hydrogen (secondary N) is 1. The molecule has 0 unspecified atom stereocenters. The Bertz CT molecular complexity index is 926. The van der Waals surface area contributed by atoms with Crippen molar-refractivity contribution in [2.75, 3.05) is 5.32 Å². The highest BCUT2D eigenvalue weighted by molar-refractivity contribution is 8.00. The van der Waals surface area contributed by atoms with Gasteiger partial charge < -0.3 is 5.32 Å². The Balaban J connectivity index is 1.68. The van der Waals surface area contributed by atoms with Gasteiger partial charge in [0.2, 0.25) is 11.1 Å². The largest absolute Gasteiger partial charge is 0.325 e. The van der Waals surface area contributed by atoms with E-state index in [1.165, 1.54) is 17.3 Å². The van der Waals surface area contributed by atoms with Crippen molar-refractivity contribution in [1.29, 1.82) is 0 Å². The molecular formula is C19H20ClN5OS. The Labute approximate surface area is 167 Å². The highest BCUT2D eigenvalue weighted by Gasteiger charge is 2.19. The van der Waals surface area contributed by atoms with Crippen molar-refractivity contribution in [3.63, 3.8) is 0 Å². The lowest BCUT2D eigenvalue weighted by molar-refractivity contribution is -0.115. The van der Waals surface area contributed by atoms with E-state index in [1.54, 1.807) is 16.8 Å². The van der Waals surface area contributed by atoms with Gasteiger partial charge in [0.1, 0.15) is 0 Å². The molecule has 0 aliphatic rings. The van der Waals surface area contributed by atoms with E-state index in [0.29, 0.717) is 16.1 Å². The number of aromatic nitrogens is 4. The number of anilines is 1. The summed E-state index contributed by atoms with van der Waals surface area (Å²) in [6, 6.07) is 15.1. The molecule has 1 N–H and O–H groups in total. The van der Waals surface area contributed by atoms with E-state index >= 15 is 0 Å². The monoisotopic (exact) mass is 401 g/mol. The molecule has 0 saturated carbocycles. The van der Waals surface area contributed by atoms with Crippen molar-refractivity contribution < 1.29 is 4.79 Å². The third kappa shape index (κ3) is 4.87. The second-order valence-electron chi connectivity index (χ2n) is 6.38. The van der Waals surface area contributed by atoms with Gasteiger partial charge in [-0.05, 0) is 59.2 Å². The molecule has 0 saturated heterocycles. The Kier molecular flexibility index (Phi) is 6.13. The maximum atomic E-state index is 12.5. The van der Waals surface area contributed by atoms with E-state index < -0.39 is 0 Å². The third-order valence-corrected chi connectivity index (χ3v) is 5.26. The van der Waals surface area contributed by atoms with Crippen molar-refractivity contribution in [3.8, 4) is 5.69 Å². The van der Waals surface area contributed by atoms with E-state index in [2.05, 4.69) is 34.7 Å². The summed E-state index contributed by atoms with van der Waals surface area (Å²) in [7, 11) is 0. The molecule has 27 heavy (non-hydrogen) atoms. The standard InChI is InChI=1S/C19H20ClN5OS/c1-12(2)14-7-9-16(10-8-14)21-18(26)13(3)27-19-22-23-24-25(19)17-6-4-5-15(20)11-17/h4-13H,1-3H3,(H,21,26)/t13-/m1/s1. The Morgan fingerprint density at radius 2 is 1.89 bits per heavy atom. The van der Waals surface area contributed by atoms with Gasteiger partial charge in [0, 0.05) is 10.7 Å². The zero-order valence-corrected chi connectivity index (χ0v) is 16.8. The number of halogens is 1. The highest BCUT2D eigenvalue weighted by Crippen LogP contribution is 2.25. The zero-order valence-electron chi connectivity index (χ0n) is 15.3. The fourth-order valence-corrected chi connectivity index (χ4v) is 3.42. The van der Waals surface area contributed by atoms with Crippen LogP contribution in [0.1, 0.15) is 32.3 Å². The van der Waals surface area contributed by atoms with Gasteiger partial charge in [0.05, 0.1) is 10.9 Å². The first-order valence-electron chi connectivity index (χ1n) is 8.56. The van der Waals surface area contributed by atoms with Gasteiger partial charge in [0.25, 0.3) is 0 Å². The summed E-state index contributed by atoms with van der Waals surface area (Å²) in [5, 5.41) is 15.4. The predicted octanol–water partition coefficient (Wildman–Crippen LogP) is 4.56. The number of nitrogens with zero attached hydrogens (tertiary/aromatic N) is 4. The van der Waals surface area contributed by atoms with Gasteiger partial charge >= 0.3 is 0 Å². The number of tetrazole rings is 1. The van der Waals surface area contributed by atoms with Gasteiger partial charge in [-0.3, -0.25) is 4.79 Å². The minimum Gasteiger partial charge on any atom is -0.325 e. The van der Waals surface area contributed by atoms with Gasteiger partial charge in [-0.1, -0.05) is 55.4 Å². The number of hydrogen-bond acceptors (Lipinski definition) is 5. The fourth-order valence-electron chi connectivity index (χ4n) is 2.43. The van der Waals surface area contributed by atoms with Crippen molar-refractivity contribution in [3.05, 3.63) is 59.1 Å². The highest BCUT2D eigenvalue weighted by atomic mass is 35.5. The number of benzene rings is 2. The fraction of sp³-hybridized carbons (Fsp3) is 0.263. The first-order chi connectivity index (χ1) is 12.9. The van der Waals surface area contributed by atoms with Crippen LogP contribution < -0.4 is 5.32 Å². The van der Waals surface area contributed by atoms with Crippen molar-refractivity contribution in [1.82, 2.24) is 20.2 Å². The molecule has 0 aliphatic carbocycles. The number of carbonyl (C=O) groups excluding carboxylic acids is 1. The molecule has 1 heterocycles. The lowest BCUT2D eigenvalue weighted by Crippen LogP contribution is -2.23. The first kappa shape index (κ1) is 19.4. The van der Waals surface area contributed by atoms with Crippen LogP contribution >= 0.6 is 23.4 Å². The molecule has 0 spiro atoms. The molecule has 1 aromatic heterocycles. The number of carbonyl (C=O) groups is 1. The number of rotatable bonds is 6. The van der Waals surface area contributed by atoms with Crippen LogP contribution in [0.15, 0.2) is 53.7 Å². The number of amides is 1. The van der Waals surface area contributed by atoms with Crippen molar-refractivity contribution >= 4 is 35.0 Å². The third-order valence-electron chi connectivity index (χ3n) is 3.99. The molecule has 8 heteroatoms. The van der Waals surface area contributed by atoms with Gasteiger partial charge in [-0.25, -0.2) is 0 Å². The molecule has 1 amide bonds. The molecule has 0 bridgehead atoms. The SMILES string of the molecule is CC(C)c1ccc(NC(=O)[C@@H](C)Sc2nnnn2-c2cccc(Cl)c2)cc1. The summed E-state index contributed by atoms with van der Waals surface area (Å²) in [5.41, 5.74) is 2.74.